The van der Waals surface area contributed by atoms with Crippen LogP contribution in [0.5, 0.6) is 0 Å². The Hall–Kier alpha value is -0.870. The first-order valence-electron chi connectivity index (χ1n) is 5.00. The van der Waals surface area contributed by atoms with Gasteiger partial charge in [0.2, 0.25) is 0 Å². The Morgan fingerprint density at radius 3 is 3.21 bits per heavy atom. The summed E-state index contributed by atoms with van der Waals surface area (Å²) >= 11 is 0. The number of aromatic nitrogens is 1. The first-order chi connectivity index (χ1) is 6.88. The van der Waals surface area contributed by atoms with Crippen molar-refractivity contribution in [3.63, 3.8) is 0 Å². The molecule has 0 radical (unpaired) electrons. The first-order valence-corrected chi connectivity index (χ1v) is 5.00. The second kappa shape index (κ2) is 4.57. The number of aliphatic hydroxyl groups is 1. The monoisotopic (exact) mass is 197 g/mol. The van der Waals surface area contributed by atoms with Crippen molar-refractivity contribution in [1.82, 2.24) is 4.98 Å². The van der Waals surface area contributed by atoms with E-state index in [1.807, 2.05) is 0 Å². The van der Waals surface area contributed by atoms with E-state index in [-0.39, 0.29) is 6.61 Å². The summed E-state index contributed by atoms with van der Waals surface area (Å²) < 4.78 is 10.6. The van der Waals surface area contributed by atoms with Crippen LogP contribution in [0.2, 0.25) is 0 Å². The fourth-order valence-electron chi connectivity index (χ4n) is 1.66. The zero-order valence-electron chi connectivity index (χ0n) is 8.11. The summed E-state index contributed by atoms with van der Waals surface area (Å²) in [6.45, 7) is 1.80. The highest BCUT2D eigenvalue weighted by Gasteiger charge is 2.18. The van der Waals surface area contributed by atoms with Gasteiger partial charge < -0.3 is 14.3 Å². The van der Waals surface area contributed by atoms with E-state index >= 15 is 0 Å². The van der Waals surface area contributed by atoms with Crippen LogP contribution < -0.4 is 0 Å². The molecule has 1 fully saturated rings. The molecule has 0 amide bonds. The van der Waals surface area contributed by atoms with E-state index in [0.29, 0.717) is 12.3 Å². The lowest BCUT2D eigenvalue weighted by Gasteiger charge is -2.01. The topological polar surface area (TPSA) is 55.5 Å². The van der Waals surface area contributed by atoms with Crippen molar-refractivity contribution >= 4 is 0 Å². The molecule has 0 spiro atoms. The number of oxazole rings is 1. The van der Waals surface area contributed by atoms with Crippen molar-refractivity contribution in [3.8, 4) is 0 Å². The molecule has 2 heterocycles. The molecule has 4 heteroatoms. The van der Waals surface area contributed by atoms with Gasteiger partial charge in [-0.1, -0.05) is 0 Å². The van der Waals surface area contributed by atoms with Crippen LogP contribution in [-0.2, 0) is 17.6 Å². The molecule has 14 heavy (non-hydrogen) atoms. The number of rotatable bonds is 4. The summed E-state index contributed by atoms with van der Waals surface area (Å²) in [5.74, 6) is 1.32. The summed E-state index contributed by atoms with van der Waals surface area (Å²) in [6, 6.07) is 0. The third-order valence-corrected chi connectivity index (χ3v) is 2.45. The van der Waals surface area contributed by atoms with Gasteiger partial charge >= 0.3 is 0 Å². The Bertz CT molecular complexity index is 279. The van der Waals surface area contributed by atoms with E-state index in [1.54, 1.807) is 6.26 Å². The Balaban J connectivity index is 1.88. The van der Waals surface area contributed by atoms with Gasteiger partial charge in [0.25, 0.3) is 0 Å². The molecule has 1 aromatic heterocycles. The van der Waals surface area contributed by atoms with Gasteiger partial charge in [-0.15, -0.1) is 0 Å². The average molecular weight is 197 g/mol. The maximum absolute atomic E-state index is 8.71. The van der Waals surface area contributed by atoms with Gasteiger partial charge in [0.05, 0.1) is 5.69 Å². The molecule has 1 atom stereocenters. The SMILES string of the molecule is OCCc1coc(CC2CCOC2)n1. The fourth-order valence-corrected chi connectivity index (χ4v) is 1.66. The Labute approximate surface area is 82.9 Å². The van der Waals surface area contributed by atoms with E-state index in [9.17, 15) is 0 Å². The highest BCUT2D eigenvalue weighted by Crippen LogP contribution is 2.17. The fraction of sp³-hybridized carbons (Fsp3) is 0.700. The minimum absolute atomic E-state index is 0.124. The number of ether oxygens (including phenoxy) is 1. The molecular weight excluding hydrogens is 182 g/mol. The van der Waals surface area contributed by atoms with Crippen molar-refractivity contribution in [2.24, 2.45) is 5.92 Å². The van der Waals surface area contributed by atoms with Crippen LogP contribution in [0.15, 0.2) is 10.7 Å². The lowest BCUT2D eigenvalue weighted by molar-refractivity contribution is 0.184. The van der Waals surface area contributed by atoms with Gasteiger partial charge in [-0.3, -0.25) is 0 Å². The Morgan fingerprint density at radius 2 is 2.50 bits per heavy atom. The van der Waals surface area contributed by atoms with Gasteiger partial charge in [0, 0.05) is 32.7 Å². The minimum Gasteiger partial charge on any atom is -0.449 e. The number of hydrogen-bond donors (Lipinski definition) is 1. The van der Waals surface area contributed by atoms with Gasteiger partial charge in [-0.2, -0.15) is 0 Å². The van der Waals surface area contributed by atoms with Crippen LogP contribution in [0.3, 0.4) is 0 Å². The van der Waals surface area contributed by atoms with Gasteiger partial charge in [-0.05, 0) is 12.3 Å². The number of aliphatic hydroxyl groups excluding tert-OH is 1. The second-order valence-electron chi connectivity index (χ2n) is 3.64. The lowest BCUT2D eigenvalue weighted by Crippen LogP contribution is -2.04. The molecule has 0 aliphatic carbocycles. The molecule has 1 saturated heterocycles. The standard InChI is InChI=1S/C10H15NO3/c12-3-1-9-7-14-10(11-9)5-8-2-4-13-6-8/h7-8,12H,1-6H2. The van der Waals surface area contributed by atoms with Crippen molar-refractivity contribution in [2.45, 2.75) is 19.3 Å². The van der Waals surface area contributed by atoms with Crippen LogP contribution in [-0.4, -0.2) is 29.9 Å². The molecule has 1 N–H and O–H groups in total. The molecule has 0 bridgehead atoms. The maximum Gasteiger partial charge on any atom is 0.194 e. The van der Waals surface area contributed by atoms with Crippen molar-refractivity contribution in [2.75, 3.05) is 19.8 Å². The quantitative estimate of drug-likeness (QED) is 0.775. The number of nitrogens with zero attached hydrogens (tertiary/aromatic N) is 1. The maximum atomic E-state index is 8.71. The molecule has 1 aliphatic heterocycles. The zero-order valence-corrected chi connectivity index (χ0v) is 8.11. The Morgan fingerprint density at radius 1 is 1.57 bits per heavy atom. The average Bonchev–Trinajstić information content (AvgIpc) is 2.79. The molecule has 1 unspecified atom stereocenters. The molecule has 0 aromatic carbocycles. The predicted octanol–water partition coefficient (Wildman–Crippen LogP) is 0.788. The van der Waals surface area contributed by atoms with Gasteiger partial charge in [0.15, 0.2) is 5.89 Å². The van der Waals surface area contributed by atoms with Crippen molar-refractivity contribution in [3.05, 3.63) is 17.8 Å². The number of hydrogen-bond acceptors (Lipinski definition) is 4. The van der Waals surface area contributed by atoms with E-state index in [1.165, 1.54) is 0 Å². The summed E-state index contributed by atoms with van der Waals surface area (Å²) in [4.78, 5) is 4.28. The highest BCUT2D eigenvalue weighted by atomic mass is 16.5. The molecular formula is C10H15NO3. The highest BCUT2D eigenvalue weighted by molar-refractivity contribution is 4.97. The smallest absolute Gasteiger partial charge is 0.194 e. The summed E-state index contributed by atoms with van der Waals surface area (Å²) in [6.07, 6.45) is 4.15. The molecule has 4 nitrogen and oxygen atoms in total. The zero-order chi connectivity index (χ0) is 9.80. The third-order valence-electron chi connectivity index (χ3n) is 2.45. The lowest BCUT2D eigenvalue weighted by atomic mass is 10.1. The van der Waals surface area contributed by atoms with E-state index in [0.717, 1.165) is 37.6 Å². The first kappa shape index (κ1) is 9.68. The van der Waals surface area contributed by atoms with E-state index < -0.39 is 0 Å². The molecule has 1 aromatic rings. The molecule has 78 valence electrons. The largest absolute Gasteiger partial charge is 0.449 e. The van der Waals surface area contributed by atoms with Crippen LogP contribution in [0.4, 0.5) is 0 Å². The van der Waals surface area contributed by atoms with Gasteiger partial charge in [0.1, 0.15) is 6.26 Å². The van der Waals surface area contributed by atoms with E-state index in [4.69, 9.17) is 14.3 Å². The van der Waals surface area contributed by atoms with Crippen molar-refractivity contribution < 1.29 is 14.3 Å². The van der Waals surface area contributed by atoms with E-state index in [2.05, 4.69) is 4.98 Å². The van der Waals surface area contributed by atoms with Crippen LogP contribution in [0, 0.1) is 5.92 Å². The minimum atomic E-state index is 0.124. The van der Waals surface area contributed by atoms with Crippen LogP contribution in [0.1, 0.15) is 18.0 Å². The normalized spacial score (nSPS) is 21.6. The van der Waals surface area contributed by atoms with Crippen molar-refractivity contribution in [1.29, 1.82) is 0 Å². The summed E-state index contributed by atoms with van der Waals surface area (Å²) in [7, 11) is 0. The third kappa shape index (κ3) is 2.33. The molecule has 0 saturated carbocycles. The summed E-state index contributed by atoms with van der Waals surface area (Å²) in [5.41, 5.74) is 0.835. The molecule has 1 aliphatic rings. The van der Waals surface area contributed by atoms with Crippen LogP contribution in [0.25, 0.3) is 0 Å². The molecule has 2 rings (SSSR count). The Kier molecular flexibility index (Phi) is 3.16. The second-order valence-corrected chi connectivity index (χ2v) is 3.64. The van der Waals surface area contributed by atoms with Gasteiger partial charge in [-0.25, -0.2) is 4.98 Å². The van der Waals surface area contributed by atoms with Crippen LogP contribution >= 0.6 is 0 Å². The predicted molar refractivity (Wildman–Crippen MR) is 49.9 cm³/mol. The summed E-state index contributed by atoms with van der Waals surface area (Å²) in [5, 5.41) is 8.71.